The molecule has 0 unspecified atom stereocenters. The van der Waals surface area contributed by atoms with Crippen LogP contribution in [0, 0.1) is 0 Å². The number of carbonyl (C=O) groups excluding carboxylic acids is 1. The molecule has 134 valence electrons. The van der Waals surface area contributed by atoms with E-state index in [1.54, 1.807) is 35.5 Å². The molecule has 0 saturated heterocycles. The number of fused-ring (bicyclic) bond motifs is 1. The van der Waals surface area contributed by atoms with Gasteiger partial charge in [0.25, 0.3) is 5.91 Å². The zero-order valence-electron chi connectivity index (χ0n) is 14.7. The summed E-state index contributed by atoms with van der Waals surface area (Å²) in [5, 5.41) is 0. The summed E-state index contributed by atoms with van der Waals surface area (Å²) in [6.45, 7) is 0.552. The Morgan fingerprint density at radius 3 is 2.59 bits per heavy atom. The summed E-state index contributed by atoms with van der Waals surface area (Å²) < 4.78 is 5.88. The summed E-state index contributed by atoms with van der Waals surface area (Å²) >= 11 is 0. The number of pyridine rings is 1. The Hall–Kier alpha value is -3.60. The topological polar surface area (TPSA) is 68.5 Å². The van der Waals surface area contributed by atoms with Crippen LogP contribution in [0.15, 0.2) is 78.8 Å². The lowest BCUT2D eigenvalue weighted by atomic mass is 10.1. The highest BCUT2D eigenvalue weighted by molar-refractivity contribution is 6.10. The number of hydrogen-bond donors (Lipinski definition) is 1. The minimum atomic E-state index is -0.167. The molecule has 1 amide bonds. The lowest BCUT2D eigenvalue weighted by Crippen LogP contribution is -2.38. The largest absolute Gasteiger partial charge is 0.449 e. The molecule has 0 radical (unpaired) electrons. The van der Waals surface area contributed by atoms with Gasteiger partial charge in [0.2, 0.25) is 0 Å². The van der Waals surface area contributed by atoms with Crippen molar-refractivity contribution in [1.29, 1.82) is 0 Å². The predicted molar refractivity (Wildman–Crippen MR) is 106 cm³/mol. The van der Waals surface area contributed by atoms with Crippen LogP contribution in [-0.4, -0.2) is 17.4 Å². The number of hydrogen-bond acceptors (Lipinski definition) is 4. The third-order valence-corrected chi connectivity index (χ3v) is 4.42. The third kappa shape index (κ3) is 3.67. The number of aromatic nitrogens is 1. The number of nitrogens with two attached hydrogens (primary N) is 1. The Kier molecular flexibility index (Phi) is 4.58. The summed E-state index contributed by atoms with van der Waals surface area (Å²) in [6.07, 6.45) is 5.84. The van der Waals surface area contributed by atoms with Gasteiger partial charge < -0.3 is 15.4 Å². The van der Waals surface area contributed by atoms with Gasteiger partial charge in [0.1, 0.15) is 0 Å². The van der Waals surface area contributed by atoms with Gasteiger partial charge in [-0.3, -0.25) is 9.78 Å². The van der Waals surface area contributed by atoms with Gasteiger partial charge in [0, 0.05) is 30.7 Å². The van der Waals surface area contributed by atoms with Gasteiger partial charge in [-0.1, -0.05) is 30.3 Å². The van der Waals surface area contributed by atoms with E-state index in [1.165, 1.54) is 5.56 Å². The van der Waals surface area contributed by atoms with Crippen LogP contribution in [-0.2, 0) is 11.2 Å². The van der Waals surface area contributed by atoms with Crippen LogP contribution in [0.5, 0.6) is 5.75 Å². The zero-order chi connectivity index (χ0) is 18.6. The maximum absolute atomic E-state index is 13.1. The highest BCUT2D eigenvalue weighted by Gasteiger charge is 2.30. The molecule has 4 rings (SSSR count). The summed E-state index contributed by atoms with van der Waals surface area (Å²) in [5.41, 5.74) is 9.26. The highest BCUT2D eigenvalue weighted by atomic mass is 16.5. The average molecular weight is 357 g/mol. The Bertz CT molecular complexity index is 985. The third-order valence-electron chi connectivity index (χ3n) is 4.42. The SMILES string of the molecule is Nc1ccc2c(c1)O/C(=C/c1ccncc1)C(=O)N2CCc1ccccc1. The molecule has 0 aliphatic carbocycles. The van der Waals surface area contributed by atoms with Gasteiger partial charge in [-0.05, 0) is 47.9 Å². The summed E-state index contributed by atoms with van der Waals surface area (Å²) in [4.78, 5) is 18.8. The van der Waals surface area contributed by atoms with E-state index < -0.39 is 0 Å². The van der Waals surface area contributed by atoms with Crippen LogP contribution in [0.2, 0.25) is 0 Å². The fraction of sp³-hybridized carbons (Fsp3) is 0.0909. The van der Waals surface area contributed by atoms with Crippen molar-refractivity contribution >= 4 is 23.4 Å². The molecule has 1 aliphatic heterocycles. The number of carbonyl (C=O) groups is 1. The lowest BCUT2D eigenvalue weighted by Gasteiger charge is -2.30. The summed E-state index contributed by atoms with van der Waals surface area (Å²) in [7, 11) is 0. The highest BCUT2D eigenvalue weighted by Crippen LogP contribution is 2.37. The summed E-state index contributed by atoms with van der Waals surface area (Å²) in [5.74, 6) is 0.690. The molecule has 0 spiro atoms. The van der Waals surface area contributed by atoms with Crippen LogP contribution in [0.3, 0.4) is 0 Å². The van der Waals surface area contributed by atoms with E-state index in [0.29, 0.717) is 18.0 Å². The van der Waals surface area contributed by atoms with Gasteiger partial charge in [-0.2, -0.15) is 0 Å². The predicted octanol–water partition coefficient (Wildman–Crippen LogP) is 3.67. The maximum Gasteiger partial charge on any atom is 0.294 e. The van der Waals surface area contributed by atoms with Gasteiger partial charge in [0.05, 0.1) is 5.69 Å². The number of ether oxygens (including phenoxy) is 1. The van der Waals surface area contributed by atoms with Crippen LogP contribution < -0.4 is 15.4 Å². The van der Waals surface area contributed by atoms with Crippen molar-refractivity contribution in [3.8, 4) is 5.75 Å². The molecule has 3 aromatic rings. The Morgan fingerprint density at radius 2 is 1.81 bits per heavy atom. The van der Waals surface area contributed by atoms with Crippen molar-refractivity contribution in [2.24, 2.45) is 0 Å². The zero-order valence-corrected chi connectivity index (χ0v) is 14.7. The van der Waals surface area contributed by atoms with Crippen molar-refractivity contribution in [1.82, 2.24) is 4.98 Å². The molecule has 0 bridgehead atoms. The number of nitrogen functional groups attached to an aromatic ring is 1. The van der Waals surface area contributed by atoms with Gasteiger partial charge in [0.15, 0.2) is 11.5 Å². The molecule has 2 aromatic carbocycles. The second-order valence-corrected chi connectivity index (χ2v) is 6.31. The van der Waals surface area contributed by atoms with Gasteiger partial charge >= 0.3 is 0 Å². The van der Waals surface area contributed by atoms with Crippen LogP contribution in [0.25, 0.3) is 6.08 Å². The smallest absolute Gasteiger partial charge is 0.294 e. The second kappa shape index (κ2) is 7.33. The molecular weight excluding hydrogens is 338 g/mol. The van der Waals surface area contributed by atoms with Crippen LogP contribution in [0.4, 0.5) is 11.4 Å². The minimum absolute atomic E-state index is 0.167. The molecule has 0 saturated carbocycles. The van der Waals surface area contributed by atoms with Crippen molar-refractivity contribution in [3.05, 3.63) is 89.9 Å². The van der Waals surface area contributed by atoms with E-state index in [2.05, 4.69) is 17.1 Å². The van der Waals surface area contributed by atoms with Crippen LogP contribution >= 0.6 is 0 Å². The van der Waals surface area contributed by atoms with E-state index in [1.807, 2.05) is 36.4 Å². The van der Waals surface area contributed by atoms with Crippen molar-refractivity contribution in [2.45, 2.75) is 6.42 Å². The fourth-order valence-corrected chi connectivity index (χ4v) is 3.05. The van der Waals surface area contributed by atoms with Crippen molar-refractivity contribution in [3.63, 3.8) is 0 Å². The first kappa shape index (κ1) is 16.8. The first-order valence-electron chi connectivity index (χ1n) is 8.75. The van der Waals surface area contributed by atoms with Gasteiger partial charge in [-0.25, -0.2) is 0 Å². The monoisotopic (exact) mass is 357 g/mol. The lowest BCUT2D eigenvalue weighted by molar-refractivity contribution is -0.117. The number of anilines is 2. The second-order valence-electron chi connectivity index (χ2n) is 6.31. The Morgan fingerprint density at radius 1 is 1.04 bits per heavy atom. The quantitative estimate of drug-likeness (QED) is 0.571. The van der Waals surface area contributed by atoms with Crippen molar-refractivity contribution < 1.29 is 9.53 Å². The number of rotatable bonds is 4. The molecule has 0 atom stereocenters. The normalized spacial score (nSPS) is 14.7. The standard InChI is InChI=1S/C22H19N3O2/c23-18-6-7-19-20(15-18)27-21(14-17-8-11-24-12-9-17)22(26)25(19)13-10-16-4-2-1-3-5-16/h1-9,11-12,14-15H,10,13,23H2/b21-14+. The minimum Gasteiger partial charge on any atom is -0.449 e. The molecule has 1 aromatic heterocycles. The Labute approximate surface area is 157 Å². The van der Waals surface area contributed by atoms with Crippen molar-refractivity contribution in [2.75, 3.05) is 17.2 Å². The molecule has 2 N–H and O–H groups in total. The number of benzene rings is 2. The number of nitrogens with zero attached hydrogens (tertiary/aromatic N) is 2. The summed E-state index contributed by atoms with van der Waals surface area (Å²) in [6, 6.07) is 19.1. The first-order valence-corrected chi connectivity index (χ1v) is 8.75. The number of amides is 1. The van der Waals surface area contributed by atoms with E-state index >= 15 is 0 Å². The molecular formula is C22H19N3O2. The maximum atomic E-state index is 13.1. The fourth-order valence-electron chi connectivity index (χ4n) is 3.05. The first-order chi connectivity index (χ1) is 13.2. The van der Waals surface area contributed by atoms with E-state index in [0.717, 1.165) is 17.7 Å². The molecule has 27 heavy (non-hydrogen) atoms. The van der Waals surface area contributed by atoms with Gasteiger partial charge in [-0.15, -0.1) is 0 Å². The molecule has 0 fully saturated rings. The van der Waals surface area contributed by atoms with E-state index in [9.17, 15) is 4.79 Å². The van der Waals surface area contributed by atoms with Crippen LogP contribution in [0.1, 0.15) is 11.1 Å². The molecule has 1 aliphatic rings. The molecule has 2 heterocycles. The molecule has 5 heteroatoms. The average Bonchev–Trinajstić information content (AvgIpc) is 2.70. The Balaban J connectivity index is 1.68. The van der Waals surface area contributed by atoms with E-state index in [-0.39, 0.29) is 11.7 Å². The molecule has 5 nitrogen and oxygen atoms in total. The van der Waals surface area contributed by atoms with E-state index in [4.69, 9.17) is 10.5 Å².